The van der Waals surface area contributed by atoms with Gasteiger partial charge in [-0.15, -0.1) is 0 Å². The number of carbonyl (C=O) groups excluding carboxylic acids is 1. The van der Waals surface area contributed by atoms with E-state index in [1.165, 1.54) is 4.68 Å². The highest BCUT2D eigenvalue weighted by molar-refractivity contribution is 5.80. The van der Waals surface area contributed by atoms with Crippen molar-refractivity contribution in [2.24, 2.45) is 5.92 Å². The molecule has 2 saturated heterocycles. The molecule has 11 heteroatoms. The minimum absolute atomic E-state index is 0.00795. The molecule has 3 fully saturated rings. The van der Waals surface area contributed by atoms with Gasteiger partial charge in [0, 0.05) is 30.4 Å². The molecule has 4 aromatic rings. The first-order valence-corrected chi connectivity index (χ1v) is 14.6. The summed E-state index contributed by atoms with van der Waals surface area (Å²) in [5.41, 5.74) is 6.11. The second kappa shape index (κ2) is 9.49. The van der Waals surface area contributed by atoms with Gasteiger partial charge in [0.2, 0.25) is 0 Å². The molecule has 1 aliphatic carbocycles. The molecule has 3 atom stereocenters. The Hall–Kier alpha value is -3.57. The molecule has 1 saturated carbocycles. The lowest BCUT2D eigenvalue weighted by atomic mass is 9.92. The summed E-state index contributed by atoms with van der Waals surface area (Å²) < 4.78 is 22.7. The molecule has 7 rings (SSSR count). The Balaban J connectivity index is 1.40. The normalized spacial score (nSPS) is 24.4. The highest BCUT2D eigenvalue weighted by Crippen LogP contribution is 2.58. The third-order valence-corrected chi connectivity index (χ3v) is 8.71. The van der Waals surface area contributed by atoms with Crippen molar-refractivity contribution < 1.29 is 19.0 Å². The number of carbonyl (C=O) groups is 1. The van der Waals surface area contributed by atoms with Crippen LogP contribution in [0, 0.1) is 19.8 Å². The molecule has 0 N–H and O–H groups in total. The van der Waals surface area contributed by atoms with Gasteiger partial charge >= 0.3 is 6.09 Å². The van der Waals surface area contributed by atoms with Crippen molar-refractivity contribution in [3.8, 4) is 22.5 Å². The van der Waals surface area contributed by atoms with E-state index in [2.05, 4.69) is 16.3 Å². The molecular formula is C30H37N7O4. The highest BCUT2D eigenvalue weighted by atomic mass is 16.6. The maximum absolute atomic E-state index is 13.1. The quantitative estimate of drug-likeness (QED) is 0.334. The van der Waals surface area contributed by atoms with Crippen LogP contribution in [0.15, 0.2) is 24.5 Å². The van der Waals surface area contributed by atoms with Crippen molar-refractivity contribution in [2.75, 3.05) is 19.8 Å². The molecular weight excluding hydrogens is 522 g/mol. The average molecular weight is 560 g/mol. The van der Waals surface area contributed by atoms with Crippen molar-refractivity contribution in [3.05, 3.63) is 41.6 Å². The van der Waals surface area contributed by atoms with Gasteiger partial charge in [0.05, 0.1) is 46.8 Å². The van der Waals surface area contributed by atoms with E-state index in [0.29, 0.717) is 11.6 Å². The second-order valence-corrected chi connectivity index (χ2v) is 12.6. The van der Waals surface area contributed by atoms with Crippen molar-refractivity contribution in [3.63, 3.8) is 0 Å². The fourth-order valence-corrected chi connectivity index (χ4v) is 6.57. The Morgan fingerprint density at radius 2 is 2.00 bits per heavy atom. The monoisotopic (exact) mass is 559 g/mol. The number of hydrogen-bond acceptors (Lipinski definition) is 8. The summed E-state index contributed by atoms with van der Waals surface area (Å²) in [6, 6.07) is 4.15. The Morgan fingerprint density at radius 3 is 2.76 bits per heavy atom. The zero-order valence-electron chi connectivity index (χ0n) is 24.4. The van der Waals surface area contributed by atoms with Crippen LogP contribution in [0.2, 0.25) is 0 Å². The largest absolute Gasteiger partial charge is 0.442 e. The van der Waals surface area contributed by atoms with Crippen molar-refractivity contribution in [1.29, 1.82) is 0 Å². The zero-order chi connectivity index (χ0) is 28.5. The molecule has 11 nitrogen and oxygen atoms in total. The Labute approximate surface area is 238 Å². The molecule has 0 amide bonds. The van der Waals surface area contributed by atoms with Crippen LogP contribution in [0.1, 0.15) is 76.2 Å². The lowest BCUT2D eigenvalue weighted by Gasteiger charge is -2.24. The number of aryl methyl sites for hydroxylation is 1. The first kappa shape index (κ1) is 26.3. The van der Waals surface area contributed by atoms with Gasteiger partial charge in [0.15, 0.2) is 11.9 Å². The van der Waals surface area contributed by atoms with E-state index in [-0.39, 0.29) is 11.6 Å². The van der Waals surface area contributed by atoms with Crippen molar-refractivity contribution in [2.45, 2.75) is 84.0 Å². The molecule has 0 bridgehead atoms. The van der Waals surface area contributed by atoms with E-state index in [4.69, 9.17) is 24.3 Å². The fraction of sp³-hybridized carbons (Fsp3) is 0.567. The molecule has 0 radical (unpaired) electrons. The van der Waals surface area contributed by atoms with E-state index in [0.717, 1.165) is 91.5 Å². The third kappa shape index (κ3) is 4.37. The van der Waals surface area contributed by atoms with E-state index in [1.54, 1.807) is 0 Å². The predicted molar refractivity (Wildman–Crippen MR) is 151 cm³/mol. The van der Waals surface area contributed by atoms with Gasteiger partial charge in [0.25, 0.3) is 0 Å². The minimum atomic E-state index is -0.633. The van der Waals surface area contributed by atoms with E-state index >= 15 is 0 Å². The topological polar surface area (TPSA) is 111 Å². The Bertz CT molecular complexity index is 1640. The van der Waals surface area contributed by atoms with Crippen molar-refractivity contribution in [1.82, 2.24) is 34.2 Å². The lowest BCUT2D eigenvalue weighted by Crippen LogP contribution is -2.28. The van der Waals surface area contributed by atoms with Gasteiger partial charge in [-0.3, -0.25) is 0 Å². The zero-order valence-corrected chi connectivity index (χ0v) is 24.4. The summed E-state index contributed by atoms with van der Waals surface area (Å²) in [6.45, 7) is 11.6. The molecule has 0 aromatic carbocycles. The van der Waals surface area contributed by atoms with Crippen LogP contribution in [0.4, 0.5) is 4.79 Å². The van der Waals surface area contributed by atoms with Crippen LogP contribution in [0.25, 0.3) is 28.2 Å². The highest BCUT2D eigenvalue weighted by Gasteiger charge is 2.58. The lowest BCUT2D eigenvalue weighted by molar-refractivity contribution is -0.0383. The van der Waals surface area contributed by atoms with Crippen LogP contribution in [0.5, 0.6) is 0 Å². The Kier molecular flexibility index (Phi) is 6.09. The summed E-state index contributed by atoms with van der Waals surface area (Å²) in [4.78, 5) is 18.4. The standard InChI is InChI=1S/C30H37N7O4/c1-18-26(19(2)35(34-18)28(38)41-29(3,4)5)23-14-24(30-10-13-39-17-20(30)15-30)33-27-21(16-32-37(23)27)22-9-11-31-36(22)25-8-6-7-12-40-25/h9,11,14,16,20,25H,6-8,10,12-13,15,17H2,1-5H3. The van der Waals surface area contributed by atoms with Crippen LogP contribution < -0.4 is 0 Å². The van der Waals surface area contributed by atoms with Gasteiger partial charge in [-0.1, -0.05) is 0 Å². The first-order chi connectivity index (χ1) is 19.7. The summed E-state index contributed by atoms with van der Waals surface area (Å²) in [7, 11) is 0. The molecule has 4 aromatic heterocycles. The predicted octanol–water partition coefficient (Wildman–Crippen LogP) is 5.23. The van der Waals surface area contributed by atoms with E-state index in [1.807, 2.05) is 62.3 Å². The number of rotatable bonds is 4. The molecule has 6 heterocycles. The van der Waals surface area contributed by atoms with Crippen LogP contribution in [0.3, 0.4) is 0 Å². The van der Waals surface area contributed by atoms with Crippen LogP contribution in [-0.4, -0.2) is 65.7 Å². The van der Waals surface area contributed by atoms with Crippen LogP contribution in [-0.2, 0) is 19.6 Å². The number of nitrogens with zero attached hydrogens (tertiary/aromatic N) is 7. The summed E-state index contributed by atoms with van der Waals surface area (Å²) in [5.74, 6) is 0.457. The van der Waals surface area contributed by atoms with Gasteiger partial charge in [-0.05, 0) is 84.8 Å². The minimum Gasteiger partial charge on any atom is -0.442 e. The van der Waals surface area contributed by atoms with Gasteiger partial charge < -0.3 is 14.2 Å². The van der Waals surface area contributed by atoms with Crippen LogP contribution >= 0.6 is 0 Å². The third-order valence-electron chi connectivity index (χ3n) is 8.71. The number of aromatic nitrogens is 7. The summed E-state index contributed by atoms with van der Waals surface area (Å²) >= 11 is 0. The molecule has 3 aliphatic rings. The smallest absolute Gasteiger partial charge is 0.435 e. The van der Waals surface area contributed by atoms with Gasteiger partial charge in [-0.2, -0.15) is 20.0 Å². The maximum Gasteiger partial charge on any atom is 0.435 e. The maximum atomic E-state index is 13.1. The summed E-state index contributed by atoms with van der Waals surface area (Å²) in [5, 5.41) is 14.1. The summed E-state index contributed by atoms with van der Waals surface area (Å²) in [6.07, 6.45) is 8.16. The molecule has 216 valence electrons. The average Bonchev–Trinajstić information content (AvgIpc) is 3.18. The van der Waals surface area contributed by atoms with E-state index in [9.17, 15) is 4.79 Å². The molecule has 3 unspecified atom stereocenters. The first-order valence-electron chi connectivity index (χ1n) is 14.6. The number of ether oxygens (including phenoxy) is 3. The van der Waals surface area contributed by atoms with E-state index < -0.39 is 11.7 Å². The SMILES string of the molecule is Cc1nn(C(=O)OC(C)(C)C)c(C)c1-c1cc(C23CCOCC2C3)nc2c(-c3ccnn3C3CCCCO3)cnn12. The van der Waals surface area contributed by atoms with Crippen molar-refractivity contribution >= 4 is 11.7 Å². The Morgan fingerprint density at radius 1 is 1.15 bits per heavy atom. The molecule has 0 spiro atoms. The molecule has 2 aliphatic heterocycles. The van der Waals surface area contributed by atoms with Gasteiger partial charge in [-0.25, -0.2) is 19.0 Å². The molecule has 41 heavy (non-hydrogen) atoms. The second-order valence-electron chi connectivity index (χ2n) is 12.6. The van der Waals surface area contributed by atoms with Gasteiger partial charge in [0.1, 0.15) is 5.60 Å². The number of fused-ring (bicyclic) bond motifs is 2. The fourth-order valence-electron chi connectivity index (χ4n) is 6.57. The number of hydrogen-bond donors (Lipinski definition) is 0.